The van der Waals surface area contributed by atoms with E-state index >= 15 is 0 Å². The average Bonchev–Trinajstić information content (AvgIpc) is 2.78. The molecule has 7 heteroatoms. The minimum atomic E-state index is -1.00. The van der Waals surface area contributed by atoms with Gasteiger partial charge in [-0.3, -0.25) is 4.57 Å². The van der Waals surface area contributed by atoms with Gasteiger partial charge in [-0.25, -0.2) is 14.3 Å². The van der Waals surface area contributed by atoms with Crippen molar-refractivity contribution in [2.75, 3.05) is 6.61 Å². The number of aryl methyl sites for hydroxylation is 1. The molecule has 0 fully saturated rings. The number of hydrogen-bond donors (Lipinski definition) is 1. The number of rotatable bonds is 6. The minimum Gasteiger partial charge on any atom is -0.492 e. The number of aliphatic carboxylic acids is 1. The van der Waals surface area contributed by atoms with Crippen LogP contribution in [0.4, 0.5) is 0 Å². The van der Waals surface area contributed by atoms with E-state index < -0.39 is 5.97 Å². The van der Waals surface area contributed by atoms with Crippen molar-refractivity contribution in [1.29, 1.82) is 0 Å². The van der Waals surface area contributed by atoms with Gasteiger partial charge in [-0.2, -0.15) is 5.10 Å². The zero-order valence-corrected chi connectivity index (χ0v) is 11.5. The van der Waals surface area contributed by atoms with Crippen LogP contribution in [0.25, 0.3) is 6.08 Å². The molecule has 1 aromatic heterocycles. The smallest absolute Gasteiger partial charge is 0.345 e. The number of carboxylic acids is 1. The summed E-state index contributed by atoms with van der Waals surface area (Å²) in [5, 5.41) is 12.5. The largest absolute Gasteiger partial charge is 0.492 e. The van der Waals surface area contributed by atoms with Gasteiger partial charge in [-0.15, -0.1) is 0 Å². The zero-order chi connectivity index (χ0) is 15.2. The first-order valence-electron chi connectivity index (χ1n) is 6.28. The Bertz CT molecular complexity index is 715. The Balaban J connectivity index is 1.94. The number of hydrogen-bond acceptors (Lipinski definition) is 4. The highest BCUT2D eigenvalue weighted by molar-refractivity contribution is 5.85. The first-order chi connectivity index (χ1) is 10.1. The van der Waals surface area contributed by atoms with Crippen LogP contribution in [-0.4, -0.2) is 32.0 Å². The van der Waals surface area contributed by atoms with E-state index in [1.165, 1.54) is 21.7 Å². The summed E-state index contributed by atoms with van der Waals surface area (Å²) in [5.41, 5.74) is 0.529. The van der Waals surface area contributed by atoms with Crippen LogP contribution in [0.1, 0.15) is 5.56 Å². The van der Waals surface area contributed by atoms with Gasteiger partial charge in [0.2, 0.25) is 0 Å². The zero-order valence-electron chi connectivity index (χ0n) is 11.5. The minimum absolute atomic E-state index is 0.197. The van der Waals surface area contributed by atoms with Crippen molar-refractivity contribution in [3.8, 4) is 5.75 Å². The van der Waals surface area contributed by atoms with Crippen molar-refractivity contribution < 1.29 is 14.6 Å². The van der Waals surface area contributed by atoms with E-state index in [2.05, 4.69) is 5.10 Å². The molecule has 0 aliphatic carbocycles. The van der Waals surface area contributed by atoms with Crippen LogP contribution in [-0.2, 0) is 18.4 Å². The third-order valence-electron chi connectivity index (χ3n) is 2.74. The van der Waals surface area contributed by atoms with E-state index in [1.54, 1.807) is 31.3 Å². The Morgan fingerprint density at radius 3 is 2.95 bits per heavy atom. The van der Waals surface area contributed by atoms with E-state index in [9.17, 15) is 9.59 Å². The molecule has 0 unspecified atom stereocenters. The van der Waals surface area contributed by atoms with E-state index in [1.807, 2.05) is 0 Å². The molecule has 0 amide bonds. The highest BCUT2D eigenvalue weighted by Gasteiger charge is 2.01. The summed E-state index contributed by atoms with van der Waals surface area (Å²) in [6.45, 7) is 0.637. The molecular formula is C14H15N3O4. The lowest BCUT2D eigenvalue weighted by molar-refractivity contribution is -0.131. The third-order valence-corrected chi connectivity index (χ3v) is 2.74. The van der Waals surface area contributed by atoms with Crippen LogP contribution in [0, 0.1) is 0 Å². The van der Waals surface area contributed by atoms with Gasteiger partial charge in [-0.05, 0) is 23.8 Å². The maximum Gasteiger partial charge on any atom is 0.345 e. The lowest BCUT2D eigenvalue weighted by atomic mass is 10.2. The molecule has 2 aromatic rings. The van der Waals surface area contributed by atoms with Gasteiger partial charge in [0.25, 0.3) is 0 Å². The topological polar surface area (TPSA) is 86.3 Å². The van der Waals surface area contributed by atoms with Crippen molar-refractivity contribution in [1.82, 2.24) is 14.3 Å². The van der Waals surface area contributed by atoms with Crippen LogP contribution in [0.15, 0.2) is 41.5 Å². The SMILES string of the molecule is Cn1cnn(CCOc2cccc(/C=C/C(=O)O)c2)c1=O. The third kappa shape index (κ3) is 4.07. The maximum absolute atomic E-state index is 11.6. The molecule has 1 N–H and O–H groups in total. The van der Waals surface area contributed by atoms with Crippen molar-refractivity contribution in [3.05, 3.63) is 52.7 Å². The van der Waals surface area contributed by atoms with Gasteiger partial charge in [0, 0.05) is 13.1 Å². The number of carboxylic acid groups (broad SMARTS) is 1. The van der Waals surface area contributed by atoms with Crippen LogP contribution < -0.4 is 10.4 Å². The summed E-state index contributed by atoms with van der Waals surface area (Å²) in [5.74, 6) is -0.401. The highest BCUT2D eigenvalue weighted by atomic mass is 16.5. The number of benzene rings is 1. The monoisotopic (exact) mass is 289 g/mol. The molecule has 0 spiro atoms. The van der Waals surface area contributed by atoms with Crippen LogP contribution in [0.2, 0.25) is 0 Å². The van der Waals surface area contributed by atoms with E-state index in [-0.39, 0.29) is 5.69 Å². The molecule has 0 aliphatic rings. The van der Waals surface area contributed by atoms with E-state index in [0.717, 1.165) is 11.6 Å². The Labute approximate surface area is 120 Å². The Kier molecular flexibility index (Phi) is 4.55. The van der Waals surface area contributed by atoms with Crippen LogP contribution in [0.5, 0.6) is 5.75 Å². The fourth-order valence-electron chi connectivity index (χ4n) is 1.70. The lowest BCUT2D eigenvalue weighted by Gasteiger charge is -2.06. The molecule has 0 radical (unpaired) electrons. The summed E-state index contributed by atoms with van der Waals surface area (Å²) in [7, 11) is 1.63. The number of carbonyl (C=O) groups is 1. The summed E-state index contributed by atoms with van der Waals surface area (Å²) < 4.78 is 8.23. The van der Waals surface area contributed by atoms with Gasteiger partial charge in [0.05, 0.1) is 6.54 Å². The van der Waals surface area contributed by atoms with Crippen molar-refractivity contribution in [2.24, 2.45) is 7.05 Å². The predicted octanol–water partition coefficient (Wildman–Crippen LogP) is 0.759. The van der Waals surface area contributed by atoms with Gasteiger partial charge in [-0.1, -0.05) is 12.1 Å². The lowest BCUT2D eigenvalue weighted by Crippen LogP contribution is -2.25. The molecule has 0 saturated carbocycles. The quantitative estimate of drug-likeness (QED) is 0.793. The summed E-state index contributed by atoms with van der Waals surface area (Å²) in [6.07, 6.45) is 3.99. The van der Waals surface area contributed by atoms with Crippen LogP contribution in [0.3, 0.4) is 0 Å². The summed E-state index contributed by atoms with van der Waals surface area (Å²) >= 11 is 0. The second-order valence-corrected chi connectivity index (χ2v) is 4.34. The van der Waals surface area contributed by atoms with Crippen molar-refractivity contribution in [2.45, 2.75) is 6.54 Å². The average molecular weight is 289 g/mol. The molecule has 7 nitrogen and oxygen atoms in total. The Morgan fingerprint density at radius 1 is 1.48 bits per heavy atom. The molecule has 0 bridgehead atoms. The Hall–Kier alpha value is -2.83. The van der Waals surface area contributed by atoms with Gasteiger partial charge >= 0.3 is 11.7 Å². The van der Waals surface area contributed by atoms with Gasteiger partial charge in [0.15, 0.2) is 0 Å². The van der Waals surface area contributed by atoms with E-state index in [4.69, 9.17) is 9.84 Å². The predicted molar refractivity (Wildman–Crippen MR) is 76.1 cm³/mol. The number of aromatic nitrogens is 3. The molecule has 21 heavy (non-hydrogen) atoms. The van der Waals surface area contributed by atoms with Gasteiger partial charge in [0.1, 0.15) is 18.7 Å². The fourth-order valence-corrected chi connectivity index (χ4v) is 1.70. The molecule has 1 aromatic carbocycles. The first kappa shape index (κ1) is 14.6. The second-order valence-electron chi connectivity index (χ2n) is 4.34. The molecule has 2 rings (SSSR count). The molecule has 0 atom stereocenters. The maximum atomic E-state index is 11.6. The standard InChI is InChI=1S/C14H15N3O4/c1-16-10-15-17(14(16)20)7-8-21-12-4-2-3-11(9-12)5-6-13(18)19/h2-6,9-10H,7-8H2,1H3,(H,18,19)/b6-5+. The summed E-state index contributed by atoms with van der Waals surface area (Å²) in [4.78, 5) is 22.0. The van der Waals surface area contributed by atoms with Gasteiger partial charge < -0.3 is 9.84 Å². The Morgan fingerprint density at radius 2 is 2.29 bits per heavy atom. The number of nitrogens with zero attached hydrogens (tertiary/aromatic N) is 3. The normalized spacial score (nSPS) is 10.9. The molecule has 0 saturated heterocycles. The molecule has 1 heterocycles. The second kappa shape index (κ2) is 6.56. The molecule has 0 aliphatic heterocycles. The van der Waals surface area contributed by atoms with Crippen LogP contribution >= 0.6 is 0 Å². The van der Waals surface area contributed by atoms with E-state index in [0.29, 0.717) is 18.9 Å². The number of ether oxygens (including phenoxy) is 1. The summed E-state index contributed by atoms with van der Waals surface area (Å²) in [6, 6.07) is 7.03. The first-order valence-corrected chi connectivity index (χ1v) is 6.28. The molecule has 110 valence electrons. The van der Waals surface area contributed by atoms with Crippen molar-refractivity contribution >= 4 is 12.0 Å². The van der Waals surface area contributed by atoms with Crippen molar-refractivity contribution in [3.63, 3.8) is 0 Å². The highest BCUT2D eigenvalue weighted by Crippen LogP contribution is 2.14. The fraction of sp³-hybridized carbons (Fsp3) is 0.214. The molecular weight excluding hydrogens is 274 g/mol.